The Kier molecular flexibility index (Phi) is 5.22. The zero-order valence-electron chi connectivity index (χ0n) is 14.5. The van der Waals surface area contributed by atoms with Crippen LogP contribution in [-0.4, -0.2) is 41.8 Å². The average molecular weight is 351 g/mol. The summed E-state index contributed by atoms with van der Waals surface area (Å²) in [4.78, 5) is 22.6. The van der Waals surface area contributed by atoms with E-state index in [1.165, 1.54) is 18.3 Å². The molecule has 0 atom stereocenters. The number of aromatic carboxylic acids is 1. The molecule has 0 bridgehead atoms. The van der Waals surface area contributed by atoms with Crippen LogP contribution in [0.2, 0.25) is 0 Å². The first-order chi connectivity index (χ1) is 11.0. The van der Waals surface area contributed by atoms with Crippen molar-refractivity contribution in [1.29, 1.82) is 0 Å². The first-order valence-electron chi connectivity index (χ1n) is 7.63. The lowest BCUT2D eigenvalue weighted by atomic mass is 9.77. The fraction of sp³-hybridized carbons (Fsp3) is 0.500. The van der Waals surface area contributed by atoms with E-state index in [9.17, 15) is 14.7 Å². The Morgan fingerprint density at radius 3 is 2.33 bits per heavy atom. The number of thiophene rings is 1. The zero-order chi connectivity index (χ0) is 18.1. The van der Waals surface area contributed by atoms with Crippen molar-refractivity contribution in [3.63, 3.8) is 0 Å². The molecule has 0 aromatic carbocycles. The monoisotopic (exact) mass is 351 g/mol. The van der Waals surface area contributed by atoms with E-state index in [2.05, 4.69) is 5.32 Å². The van der Waals surface area contributed by atoms with Gasteiger partial charge in [-0.3, -0.25) is 4.79 Å². The Labute approximate surface area is 146 Å². The smallest absolute Gasteiger partial charge is 0.478 e. The minimum absolute atomic E-state index is 0.179. The summed E-state index contributed by atoms with van der Waals surface area (Å²) in [6, 6.07) is 0. The number of carboxylic acids is 1. The largest absolute Gasteiger partial charge is 0.492 e. The maximum absolute atomic E-state index is 11.3. The van der Waals surface area contributed by atoms with Crippen molar-refractivity contribution in [2.24, 2.45) is 0 Å². The highest BCUT2D eigenvalue weighted by Gasteiger charge is 2.52. The van der Waals surface area contributed by atoms with Gasteiger partial charge >= 0.3 is 13.1 Å². The molecule has 1 aliphatic rings. The van der Waals surface area contributed by atoms with E-state index in [0.717, 1.165) is 0 Å². The molecule has 0 spiro atoms. The van der Waals surface area contributed by atoms with Gasteiger partial charge in [-0.1, -0.05) is 6.08 Å². The lowest BCUT2D eigenvalue weighted by Gasteiger charge is -2.32. The van der Waals surface area contributed by atoms with Crippen molar-refractivity contribution in [1.82, 2.24) is 5.32 Å². The van der Waals surface area contributed by atoms with Crippen LogP contribution < -0.4 is 5.32 Å². The molecule has 8 heteroatoms. The highest BCUT2D eigenvalue weighted by atomic mass is 32.1. The fourth-order valence-electron chi connectivity index (χ4n) is 2.22. The van der Waals surface area contributed by atoms with Gasteiger partial charge in [0.25, 0.3) is 0 Å². The van der Waals surface area contributed by atoms with Crippen LogP contribution in [-0.2, 0) is 14.1 Å². The molecule has 1 aromatic rings. The highest BCUT2D eigenvalue weighted by Crippen LogP contribution is 2.39. The van der Waals surface area contributed by atoms with E-state index in [1.54, 1.807) is 16.8 Å². The van der Waals surface area contributed by atoms with Gasteiger partial charge in [0, 0.05) is 18.8 Å². The molecule has 0 unspecified atom stereocenters. The molecule has 0 saturated carbocycles. The summed E-state index contributed by atoms with van der Waals surface area (Å²) >= 11 is 1.31. The molecule has 1 aromatic heterocycles. The van der Waals surface area contributed by atoms with E-state index in [-0.39, 0.29) is 18.0 Å². The van der Waals surface area contributed by atoms with Crippen molar-refractivity contribution < 1.29 is 24.0 Å². The van der Waals surface area contributed by atoms with Crippen molar-refractivity contribution in [2.75, 3.05) is 6.54 Å². The maximum Gasteiger partial charge on any atom is 0.492 e. The summed E-state index contributed by atoms with van der Waals surface area (Å²) in [6.07, 6.45) is 1.72. The second kappa shape index (κ2) is 6.70. The summed E-state index contributed by atoms with van der Waals surface area (Å²) in [6.45, 7) is 9.41. The van der Waals surface area contributed by atoms with Crippen LogP contribution in [0.25, 0.3) is 6.08 Å². The second-order valence-electron chi connectivity index (χ2n) is 6.76. The Bertz CT molecular complexity index is 664. The van der Waals surface area contributed by atoms with E-state index in [4.69, 9.17) is 9.31 Å². The quantitative estimate of drug-likeness (QED) is 0.797. The standard InChI is InChI=1S/C16H22BNO5S/c1-10(19)18-7-12(6-11-8-24-9-13(11)14(20)21)17-22-15(2,3)16(4,5)23-17/h6,8-9H,7H2,1-5H3,(H,18,19)(H,20,21). The van der Waals surface area contributed by atoms with Crippen LogP contribution in [0, 0.1) is 0 Å². The average Bonchev–Trinajstić information content (AvgIpc) is 2.97. The molecular weight excluding hydrogens is 329 g/mol. The van der Waals surface area contributed by atoms with Gasteiger partial charge in [0.2, 0.25) is 5.91 Å². The summed E-state index contributed by atoms with van der Waals surface area (Å²) in [5.41, 5.74) is 0.429. The molecule has 2 rings (SSSR count). The predicted octanol–water partition coefficient (Wildman–Crippen LogP) is 2.60. The third kappa shape index (κ3) is 3.88. The zero-order valence-corrected chi connectivity index (χ0v) is 15.3. The minimum Gasteiger partial charge on any atom is -0.478 e. The lowest BCUT2D eigenvalue weighted by molar-refractivity contribution is -0.118. The summed E-state index contributed by atoms with van der Waals surface area (Å²) in [5.74, 6) is -1.17. The van der Waals surface area contributed by atoms with Gasteiger partial charge in [0.15, 0.2) is 0 Å². The van der Waals surface area contributed by atoms with Gasteiger partial charge in [-0.15, -0.1) is 0 Å². The Morgan fingerprint density at radius 2 is 1.83 bits per heavy atom. The number of amides is 1. The number of carboxylic acid groups (broad SMARTS) is 1. The Morgan fingerprint density at radius 1 is 1.25 bits per heavy atom. The third-order valence-corrected chi connectivity index (χ3v) is 5.12. The first kappa shape index (κ1) is 18.7. The molecule has 1 fully saturated rings. The maximum atomic E-state index is 11.3. The third-order valence-electron chi connectivity index (χ3n) is 4.36. The molecule has 2 N–H and O–H groups in total. The van der Waals surface area contributed by atoms with Crippen LogP contribution in [0.3, 0.4) is 0 Å². The van der Waals surface area contributed by atoms with Gasteiger partial charge in [0.1, 0.15) is 0 Å². The van der Waals surface area contributed by atoms with Gasteiger partial charge in [-0.2, -0.15) is 11.3 Å². The van der Waals surface area contributed by atoms with Crippen molar-refractivity contribution >= 4 is 36.4 Å². The van der Waals surface area contributed by atoms with Crippen LogP contribution in [0.5, 0.6) is 0 Å². The number of hydrogen-bond donors (Lipinski definition) is 2. The summed E-state index contributed by atoms with van der Waals surface area (Å²) in [5, 5.41) is 15.3. The van der Waals surface area contributed by atoms with E-state index >= 15 is 0 Å². The van der Waals surface area contributed by atoms with Crippen LogP contribution in [0.4, 0.5) is 0 Å². The minimum atomic E-state index is -0.990. The Balaban J connectivity index is 2.35. The predicted molar refractivity (Wildman–Crippen MR) is 94.0 cm³/mol. The molecule has 1 saturated heterocycles. The van der Waals surface area contributed by atoms with Crippen molar-refractivity contribution in [2.45, 2.75) is 45.8 Å². The molecule has 24 heavy (non-hydrogen) atoms. The fourth-order valence-corrected chi connectivity index (χ4v) is 3.00. The van der Waals surface area contributed by atoms with Crippen molar-refractivity contribution in [3.8, 4) is 0 Å². The number of hydrogen-bond acceptors (Lipinski definition) is 5. The molecule has 0 radical (unpaired) electrons. The SMILES string of the molecule is CC(=O)NCC(=Cc1cscc1C(=O)O)B1OC(C)(C)C(C)(C)O1. The van der Waals surface area contributed by atoms with Gasteiger partial charge in [-0.05, 0) is 44.1 Å². The van der Waals surface area contributed by atoms with E-state index in [1.807, 2.05) is 27.7 Å². The molecule has 6 nitrogen and oxygen atoms in total. The number of nitrogens with one attached hydrogen (secondary N) is 1. The summed E-state index contributed by atoms with van der Waals surface area (Å²) < 4.78 is 12.0. The highest BCUT2D eigenvalue weighted by molar-refractivity contribution is 7.08. The van der Waals surface area contributed by atoms with E-state index in [0.29, 0.717) is 11.0 Å². The number of carbonyl (C=O) groups is 2. The molecule has 130 valence electrons. The lowest BCUT2D eigenvalue weighted by Crippen LogP contribution is -2.41. The topological polar surface area (TPSA) is 84.9 Å². The van der Waals surface area contributed by atoms with Gasteiger partial charge in [0.05, 0.1) is 16.8 Å². The Hall–Kier alpha value is -1.64. The molecule has 0 aliphatic carbocycles. The van der Waals surface area contributed by atoms with E-state index < -0.39 is 24.3 Å². The summed E-state index contributed by atoms with van der Waals surface area (Å²) in [7, 11) is -0.650. The van der Waals surface area contributed by atoms with Gasteiger partial charge < -0.3 is 19.7 Å². The van der Waals surface area contributed by atoms with Crippen LogP contribution >= 0.6 is 11.3 Å². The molecule has 1 amide bonds. The van der Waals surface area contributed by atoms with Crippen molar-refractivity contribution in [3.05, 3.63) is 27.4 Å². The number of carbonyl (C=O) groups excluding carboxylic acids is 1. The normalized spacial score (nSPS) is 19.4. The molecular formula is C16H22BNO5S. The molecule has 2 heterocycles. The van der Waals surface area contributed by atoms with Gasteiger partial charge in [-0.25, -0.2) is 4.79 Å². The number of rotatable bonds is 5. The van der Waals surface area contributed by atoms with Crippen LogP contribution in [0.15, 0.2) is 16.2 Å². The second-order valence-corrected chi connectivity index (χ2v) is 7.51. The first-order valence-corrected chi connectivity index (χ1v) is 8.58. The molecule has 1 aliphatic heterocycles. The van der Waals surface area contributed by atoms with Crippen LogP contribution in [0.1, 0.15) is 50.5 Å².